The molecule has 0 aliphatic carbocycles. The van der Waals surface area contributed by atoms with Crippen molar-refractivity contribution in [2.75, 3.05) is 0 Å². The summed E-state index contributed by atoms with van der Waals surface area (Å²) < 4.78 is 1.29. The maximum atomic E-state index is 12.5. The van der Waals surface area contributed by atoms with E-state index in [1.54, 1.807) is 6.92 Å². The number of unbranched alkanes of at least 4 members (excludes halogenated alkanes) is 3. The zero-order valence-electron chi connectivity index (χ0n) is 15.6. The first-order valence-corrected chi connectivity index (χ1v) is 8.96. The van der Waals surface area contributed by atoms with Gasteiger partial charge >= 0.3 is 0 Å². The minimum Gasteiger partial charge on any atom is -0.494 e. The van der Waals surface area contributed by atoms with Crippen molar-refractivity contribution in [2.24, 2.45) is 4.99 Å². The Morgan fingerprint density at radius 1 is 1.19 bits per heavy atom. The second-order valence-corrected chi connectivity index (χ2v) is 6.46. The summed E-state index contributed by atoms with van der Waals surface area (Å²) in [5.74, 6) is -0.126. The van der Waals surface area contributed by atoms with Gasteiger partial charge in [0.2, 0.25) is 5.88 Å². The number of nitriles is 1. The zero-order valence-corrected chi connectivity index (χ0v) is 15.6. The van der Waals surface area contributed by atoms with Gasteiger partial charge in [-0.25, -0.2) is 0 Å². The molecule has 0 atom stereocenters. The molecular formula is C21H25N3O2. The van der Waals surface area contributed by atoms with E-state index in [0.29, 0.717) is 17.7 Å². The summed E-state index contributed by atoms with van der Waals surface area (Å²) in [6.45, 7) is 6.17. The Morgan fingerprint density at radius 3 is 2.50 bits per heavy atom. The molecule has 5 heteroatoms. The zero-order chi connectivity index (χ0) is 19.1. The van der Waals surface area contributed by atoms with Gasteiger partial charge in [0.05, 0.1) is 11.3 Å². The van der Waals surface area contributed by atoms with Gasteiger partial charge in [-0.2, -0.15) is 5.26 Å². The molecular weight excluding hydrogens is 326 g/mol. The maximum Gasteiger partial charge on any atom is 0.271 e. The third-order valence-electron chi connectivity index (χ3n) is 4.46. The van der Waals surface area contributed by atoms with Crippen LogP contribution in [0, 0.1) is 25.2 Å². The lowest BCUT2D eigenvalue weighted by Gasteiger charge is -2.14. The number of aromatic nitrogens is 1. The van der Waals surface area contributed by atoms with Gasteiger partial charge in [0.1, 0.15) is 11.6 Å². The highest BCUT2D eigenvalue weighted by molar-refractivity contribution is 5.87. The van der Waals surface area contributed by atoms with Crippen molar-refractivity contribution in [3.8, 4) is 11.9 Å². The van der Waals surface area contributed by atoms with Crippen LogP contribution in [0.2, 0.25) is 0 Å². The van der Waals surface area contributed by atoms with Crippen LogP contribution in [-0.4, -0.2) is 15.9 Å². The Hall–Kier alpha value is -2.87. The lowest BCUT2D eigenvalue weighted by Crippen LogP contribution is -2.25. The van der Waals surface area contributed by atoms with Gasteiger partial charge in [0.15, 0.2) is 0 Å². The fourth-order valence-electron chi connectivity index (χ4n) is 2.80. The number of pyridine rings is 1. The van der Waals surface area contributed by atoms with Gasteiger partial charge in [0, 0.05) is 12.8 Å². The van der Waals surface area contributed by atoms with Gasteiger partial charge in [-0.05, 0) is 38.0 Å². The smallest absolute Gasteiger partial charge is 0.271 e. The predicted octanol–water partition coefficient (Wildman–Crippen LogP) is 4.37. The number of aryl methyl sites for hydroxylation is 1. The molecule has 0 saturated heterocycles. The van der Waals surface area contributed by atoms with Crippen LogP contribution in [0.4, 0.5) is 5.69 Å². The van der Waals surface area contributed by atoms with Gasteiger partial charge < -0.3 is 5.11 Å². The number of hydrogen-bond donors (Lipinski definition) is 1. The third-order valence-corrected chi connectivity index (χ3v) is 4.46. The van der Waals surface area contributed by atoms with Crippen LogP contribution in [0.1, 0.15) is 54.9 Å². The summed E-state index contributed by atoms with van der Waals surface area (Å²) in [7, 11) is 0. The van der Waals surface area contributed by atoms with Crippen molar-refractivity contribution in [3.63, 3.8) is 0 Å². The highest BCUT2D eigenvalue weighted by Gasteiger charge is 2.17. The number of rotatable bonds is 7. The van der Waals surface area contributed by atoms with Crippen molar-refractivity contribution >= 4 is 11.9 Å². The van der Waals surface area contributed by atoms with Crippen LogP contribution in [-0.2, 0) is 6.54 Å². The van der Waals surface area contributed by atoms with E-state index in [2.05, 4.69) is 11.9 Å². The number of aliphatic imine (C=N–C) groups is 1. The molecule has 0 aliphatic rings. The fraction of sp³-hybridized carbons (Fsp3) is 0.381. The first-order valence-electron chi connectivity index (χ1n) is 8.96. The fourth-order valence-corrected chi connectivity index (χ4v) is 2.80. The molecule has 2 rings (SSSR count). The Kier molecular flexibility index (Phi) is 6.74. The minimum atomic E-state index is -0.438. The van der Waals surface area contributed by atoms with E-state index in [0.717, 1.165) is 36.9 Å². The normalized spacial score (nSPS) is 11.0. The Bertz CT molecular complexity index is 887. The van der Waals surface area contributed by atoms with E-state index in [9.17, 15) is 15.2 Å². The highest BCUT2D eigenvalue weighted by atomic mass is 16.3. The van der Waals surface area contributed by atoms with Crippen LogP contribution >= 0.6 is 0 Å². The van der Waals surface area contributed by atoms with Gasteiger partial charge in [-0.1, -0.05) is 43.9 Å². The molecule has 0 spiro atoms. The molecule has 5 nitrogen and oxygen atoms in total. The molecule has 0 radical (unpaired) electrons. The largest absolute Gasteiger partial charge is 0.494 e. The van der Waals surface area contributed by atoms with Crippen LogP contribution in [0.3, 0.4) is 0 Å². The molecule has 1 aromatic carbocycles. The molecule has 1 aromatic heterocycles. The summed E-state index contributed by atoms with van der Waals surface area (Å²) in [4.78, 5) is 16.9. The standard InChI is InChI=1S/C21H25N3O2/c1-4-5-6-7-12-24-20(25)18(13-22)16(3)19(21(24)26)14-23-17-10-8-15(2)9-11-17/h8-11,14,26H,4-7,12H2,1-3H3. The average molecular weight is 351 g/mol. The quantitative estimate of drug-likeness (QED) is 0.594. The molecule has 1 heterocycles. The van der Waals surface area contributed by atoms with Crippen molar-refractivity contribution in [2.45, 2.75) is 53.0 Å². The topological polar surface area (TPSA) is 78.4 Å². The van der Waals surface area contributed by atoms with E-state index in [1.165, 1.54) is 10.8 Å². The Labute approximate surface area is 154 Å². The first-order chi connectivity index (χ1) is 12.5. The van der Waals surface area contributed by atoms with Crippen molar-refractivity contribution in [1.29, 1.82) is 5.26 Å². The highest BCUT2D eigenvalue weighted by Crippen LogP contribution is 2.22. The molecule has 2 aromatic rings. The Morgan fingerprint density at radius 2 is 1.88 bits per heavy atom. The number of benzene rings is 1. The second-order valence-electron chi connectivity index (χ2n) is 6.46. The van der Waals surface area contributed by atoms with Gasteiger partial charge in [-0.3, -0.25) is 14.4 Å². The number of hydrogen-bond acceptors (Lipinski definition) is 4. The van der Waals surface area contributed by atoms with E-state index in [1.807, 2.05) is 37.3 Å². The van der Waals surface area contributed by atoms with Gasteiger partial charge in [0.25, 0.3) is 5.56 Å². The van der Waals surface area contributed by atoms with E-state index >= 15 is 0 Å². The SMILES string of the molecule is CCCCCCn1c(O)c(C=Nc2ccc(C)cc2)c(C)c(C#N)c1=O. The minimum absolute atomic E-state index is 0.0589. The molecule has 0 aliphatic heterocycles. The molecule has 26 heavy (non-hydrogen) atoms. The average Bonchev–Trinajstić information content (AvgIpc) is 2.63. The summed E-state index contributed by atoms with van der Waals surface area (Å²) >= 11 is 0. The lowest BCUT2D eigenvalue weighted by atomic mass is 10.1. The molecule has 0 unspecified atom stereocenters. The van der Waals surface area contributed by atoms with E-state index in [4.69, 9.17) is 0 Å². The van der Waals surface area contributed by atoms with Crippen LogP contribution < -0.4 is 5.56 Å². The molecule has 0 amide bonds. The summed E-state index contributed by atoms with van der Waals surface area (Å²) in [6, 6.07) is 9.64. The molecule has 136 valence electrons. The molecule has 0 fully saturated rings. The molecule has 0 saturated carbocycles. The van der Waals surface area contributed by atoms with E-state index in [-0.39, 0.29) is 11.4 Å². The maximum absolute atomic E-state index is 12.5. The second kappa shape index (κ2) is 9.00. The monoisotopic (exact) mass is 351 g/mol. The molecule has 0 bridgehead atoms. The first kappa shape index (κ1) is 19.5. The number of nitrogens with zero attached hydrogens (tertiary/aromatic N) is 3. The van der Waals surface area contributed by atoms with E-state index < -0.39 is 5.56 Å². The summed E-state index contributed by atoms with van der Waals surface area (Å²) in [5, 5.41) is 20.0. The lowest BCUT2D eigenvalue weighted by molar-refractivity contribution is 0.397. The van der Waals surface area contributed by atoms with Gasteiger partial charge in [-0.15, -0.1) is 0 Å². The summed E-state index contributed by atoms with van der Waals surface area (Å²) in [6.07, 6.45) is 5.45. The van der Waals surface area contributed by atoms with Crippen LogP contribution in [0.5, 0.6) is 5.88 Å². The van der Waals surface area contributed by atoms with Crippen LogP contribution in [0.25, 0.3) is 0 Å². The Balaban J connectivity index is 2.42. The molecule has 1 N–H and O–H groups in total. The van der Waals surface area contributed by atoms with Crippen LogP contribution in [0.15, 0.2) is 34.1 Å². The van der Waals surface area contributed by atoms with Crippen molar-refractivity contribution in [3.05, 3.63) is 56.9 Å². The third kappa shape index (κ3) is 4.40. The number of aromatic hydroxyl groups is 1. The predicted molar refractivity (Wildman–Crippen MR) is 104 cm³/mol. The summed E-state index contributed by atoms with van der Waals surface area (Å²) in [5.41, 5.74) is 2.37. The van der Waals surface area contributed by atoms with Crippen molar-refractivity contribution in [1.82, 2.24) is 4.57 Å². The van der Waals surface area contributed by atoms with Crippen molar-refractivity contribution < 1.29 is 5.11 Å².